The molecule has 0 amide bonds. The molecule has 0 N–H and O–H groups in total. The number of hydrogen-bond donors (Lipinski definition) is 0. The maximum Gasteiger partial charge on any atom is 0.168 e. The molecule has 0 fully saturated rings. The molecule has 0 aliphatic carbocycles. The number of pyridine rings is 1. The van der Waals surface area contributed by atoms with Crippen molar-refractivity contribution in [3.63, 3.8) is 0 Å². The van der Waals surface area contributed by atoms with Gasteiger partial charge in [0, 0.05) is 11.8 Å². The van der Waals surface area contributed by atoms with Gasteiger partial charge in [0.1, 0.15) is 11.5 Å². The molecule has 0 radical (unpaired) electrons. The maximum absolute atomic E-state index is 5.81. The third kappa shape index (κ3) is 2.55. The first-order valence-corrected chi connectivity index (χ1v) is 7.45. The highest BCUT2D eigenvalue weighted by Gasteiger charge is 2.09. The van der Waals surface area contributed by atoms with E-state index >= 15 is 0 Å². The van der Waals surface area contributed by atoms with Crippen molar-refractivity contribution < 1.29 is 4.74 Å². The third-order valence-electron chi connectivity index (χ3n) is 3.72. The molecule has 4 aromatic rings. The number of hydrogen-bond acceptors (Lipinski definition) is 3. The Bertz CT molecular complexity index is 943. The Morgan fingerprint density at radius 1 is 0.783 bits per heavy atom. The van der Waals surface area contributed by atoms with Crippen LogP contribution in [-0.4, -0.2) is 14.6 Å². The molecular formula is C19H15N3O. The fraction of sp³-hybridized carbons (Fsp3) is 0.0526. The lowest BCUT2D eigenvalue weighted by Gasteiger charge is -2.06. The van der Waals surface area contributed by atoms with Crippen LogP contribution in [0.2, 0.25) is 0 Å². The highest BCUT2D eigenvalue weighted by atomic mass is 16.5. The zero-order chi connectivity index (χ0) is 15.6. The molecule has 4 heteroatoms. The number of benzene rings is 2. The van der Waals surface area contributed by atoms with Gasteiger partial charge < -0.3 is 4.74 Å². The molecule has 2 aromatic carbocycles. The average molecular weight is 301 g/mol. The molecule has 4 rings (SSSR count). The van der Waals surface area contributed by atoms with Gasteiger partial charge >= 0.3 is 0 Å². The monoisotopic (exact) mass is 301 g/mol. The van der Waals surface area contributed by atoms with E-state index in [1.54, 1.807) is 0 Å². The SMILES string of the molecule is Cc1cccn2c(-c3ccc(Oc4ccccc4)cc3)nnc12. The molecule has 2 aromatic heterocycles. The molecule has 0 bridgehead atoms. The van der Waals surface area contributed by atoms with Gasteiger partial charge in [-0.05, 0) is 55.0 Å². The molecule has 0 aliphatic heterocycles. The Labute approximate surface area is 134 Å². The summed E-state index contributed by atoms with van der Waals surface area (Å²) in [6, 6.07) is 21.7. The van der Waals surface area contributed by atoms with Gasteiger partial charge in [-0.15, -0.1) is 10.2 Å². The van der Waals surface area contributed by atoms with Crippen LogP contribution in [0.3, 0.4) is 0 Å². The van der Waals surface area contributed by atoms with E-state index in [1.807, 2.05) is 84.3 Å². The lowest BCUT2D eigenvalue weighted by molar-refractivity contribution is 0.483. The topological polar surface area (TPSA) is 39.4 Å². The maximum atomic E-state index is 5.81. The fourth-order valence-corrected chi connectivity index (χ4v) is 2.54. The van der Waals surface area contributed by atoms with E-state index < -0.39 is 0 Å². The van der Waals surface area contributed by atoms with Crippen LogP contribution in [0.4, 0.5) is 0 Å². The molecule has 23 heavy (non-hydrogen) atoms. The van der Waals surface area contributed by atoms with Crippen molar-refractivity contribution in [2.24, 2.45) is 0 Å². The minimum absolute atomic E-state index is 0.796. The van der Waals surface area contributed by atoms with E-state index in [-0.39, 0.29) is 0 Å². The van der Waals surface area contributed by atoms with E-state index in [2.05, 4.69) is 10.2 Å². The van der Waals surface area contributed by atoms with E-state index in [0.29, 0.717) is 0 Å². The van der Waals surface area contributed by atoms with Crippen molar-refractivity contribution in [3.8, 4) is 22.9 Å². The van der Waals surface area contributed by atoms with Gasteiger partial charge in [0.05, 0.1) is 0 Å². The summed E-state index contributed by atoms with van der Waals surface area (Å²) in [5.74, 6) is 2.45. The highest BCUT2D eigenvalue weighted by molar-refractivity contribution is 5.62. The molecule has 0 spiro atoms. The van der Waals surface area contributed by atoms with Crippen LogP contribution in [-0.2, 0) is 0 Å². The van der Waals surface area contributed by atoms with Crippen molar-refractivity contribution in [2.45, 2.75) is 6.92 Å². The molecule has 0 aliphatic rings. The van der Waals surface area contributed by atoms with Crippen LogP contribution in [0.25, 0.3) is 17.0 Å². The summed E-state index contributed by atoms with van der Waals surface area (Å²) in [6.45, 7) is 2.03. The molecule has 112 valence electrons. The minimum Gasteiger partial charge on any atom is -0.457 e. The number of ether oxygens (including phenoxy) is 1. The van der Waals surface area contributed by atoms with Gasteiger partial charge in [-0.3, -0.25) is 4.40 Å². The van der Waals surface area contributed by atoms with E-state index in [9.17, 15) is 0 Å². The normalized spacial score (nSPS) is 10.8. The molecular weight excluding hydrogens is 286 g/mol. The van der Waals surface area contributed by atoms with Crippen molar-refractivity contribution in [2.75, 3.05) is 0 Å². The van der Waals surface area contributed by atoms with Crippen LogP contribution in [0.1, 0.15) is 5.56 Å². The summed E-state index contributed by atoms with van der Waals surface area (Å²) in [5.41, 5.74) is 2.99. The minimum atomic E-state index is 0.796. The van der Waals surface area contributed by atoms with Gasteiger partial charge in [-0.2, -0.15) is 0 Å². The number of aromatic nitrogens is 3. The van der Waals surface area contributed by atoms with Crippen LogP contribution < -0.4 is 4.74 Å². The lowest BCUT2D eigenvalue weighted by Crippen LogP contribution is -1.90. The second-order valence-corrected chi connectivity index (χ2v) is 5.35. The van der Waals surface area contributed by atoms with Crippen LogP contribution in [0.5, 0.6) is 11.5 Å². The summed E-state index contributed by atoms with van der Waals surface area (Å²) in [7, 11) is 0. The van der Waals surface area contributed by atoms with Gasteiger partial charge in [0.15, 0.2) is 11.5 Å². The molecule has 0 atom stereocenters. The largest absolute Gasteiger partial charge is 0.457 e. The van der Waals surface area contributed by atoms with Gasteiger partial charge in [-0.1, -0.05) is 24.3 Å². The zero-order valence-corrected chi connectivity index (χ0v) is 12.7. The highest BCUT2D eigenvalue weighted by Crippen LogP contribution is 2.25. The first-order valence-electron chi connectivity index (χ1n) is 7.45. The summed E-state index contributed by atoms with van der Waals surface area (Å²) in [6.07, 6.45) is 1.98. The third-order valence-corrected chi connectivity index (χ3v) is 3.72. The average Bonchev–Trinajstić information content (AvgIpc) is 3.02. The number of aryl methyl sites for hydroxylation is 1. The Hall–Kier alpha value is -3.14. The van der Waals surface area contributed by atoms with Crippen molar-refractivity contribution >= 4 is 5.65 Å². The number of rotatable bonds is 3. The van der Waals surface area contributed by atoms with Crippen molar-refractivity contribution in [1.29, 1.82) is 0 Å². The Morgan fingerprint density at radius 2 is 1.52 bits per heavy atom. The first kappa shape index (κ1) is 13.5. The van der Waals surface area contributed by atoms with Gasteiger partial charge in [0.2, 0.25) is 0 Å². The first-order chi connectivity index (χ1) is 11.3. The summed E-state index contributed by atoms with van der Waals surface area (Å²) in [4.78, 5) is 0. The predicted molar refractivity (Wildman–Crippen MR) is 89.7 cm³/mol. The van der Waals surface area contributed by atoms with E-state index in [1.165, 1.54) is 0 Å². The fourth-order valence-electron chi connectivity index (χ4n) is 2.54. The number of para-hydroxylation sites is 1. The molecule has 4 nitrogen and oxygen atoms in total. The standard InChI is InChI=1S/C19H15N3O/c1-14-6-5-13-22-18(14)20-21-19(22)15-9-11-17(12-10-15)23-16-7-3-2-4-8-16/h2-13H,1H3. The van der Waals surface area contributed by atoms with Crippen LogP contribution in [0, 0.1) is 6.92 Å². The van der Waals surface area contributed by atoms with Crippen molar-refractivity contribution in [1.82, 2.24) is 14.6 Å². The predicted octanol–water partition coefficient (Wildman–Crippen LogP) is 4.50. The molecule has 2 heterocycles. The van der Waals surface area contributed by atoms with Gasteiger partial charge in [-0.25, -0.2) is 0 Å². The number of fused-ring (bicyclic) bond motifs is 1. The Kier molecular flexibility index (Phi) is 3.27. The van der Waals surface area contributed by atoms with Crippen LogP contribution in [0.15, 0.2) is 72.9 Å². The summed E-state index contributed by atoms with van der Waals surface area (Å²) < 4.78 is 7.82. The van der Waals surface area contributed by atoms with Crippen LogP contribution >= 0.6 is 0 Å². The molecule has 0 unspecified atom stereocenters. The molecule has 0 saturated heterocycles. The number of nitrogens with zero attached hydrogens (tertiary/aromatic N) is 3. The Balaban J connectivity index is 1.66. The second-order valence-electron chi connectivity index (χ2n) is 5.35. The van der Waals surface area contributed by atoms with E-state index in [4.69, 9.17) is 4.74 Å². The van der Waals surface area contributed by atoms with Crippen molar-refractivity contribution in [3.05, 3.63) is 78.5 Å². The van der Waals surface area contributed by atoms with Gasteiger partial charge in [0.25, 0.3) is 0 Å². The molecule has 0 saturated carbocycles. The lowest BCUT2D eigenvalue weighted by atomic mass is 10.2. The smallest absolute Gasteiger partial charge is 0.168 e. The van der Waals surface area contributed by atoms with E-state index in [0.717, 1.165) is 34.1 Å². The summed E-state index contributed by atoms with van der Waals surface area (Å²) in [5, 5.41) is 8.58. The Morgan fingerprint density at radius 3 is 2.30 bits per heavy atom. The quantitative estimate of drug-likeness (QED) is 0.559. The zero-order valence-electron chi connectivity index (χ0n) is 12.7. The second kappa shape index (κ2) is 5.57. The summed E-state index contributed by atoms with van der Waals surface area (Å²) >= 11 is 0.